The molecule has 2 aromatic carbocycles. The van der Waals surface area contributed by atoms with Crippen LogP contribution in [0.3, 0.4) is 0 Å². The van der Waals surface area contributed by atoms with Crippen molar-refractivity contribution in [2.75, 3.05) is 10.6 Å². The predicted molar refractivity (Wildman–Crippen MR) is 98.9 cm³/mol. The number of hydrogen-bond acceptors (Lipinski definition) is 4. The first-order valence-electron chi connectivity index (χ1n) is 7.00. The smallest absolute Gasteiger partial charge is 0.229 e. The Labute approximate surface area is 148 Å². The summed E-state index contributed by atoms with van der Waals surface area (Å²) in [5.41, 5.74) is 2.70. The average Bonchev–Trinajstić information content (AvgIpc) is 2.51. The first-order chi connectivity index (χ1) is 11.1. The molecule has 1 aromatic heterocycles. The van der Waals surface area contributed by atoms with Crippen LogP contribution in [0.25, 0.3) is 0 Å². The second-order valence-electron chi connectivity index (χ2n) is 4.95. The first kappa shape index (κ1) is 15.8. The van der Waals surface area contributed by atoms with Crippen LogP contribution < -0.4 is 10.6 Å². The van der Waals surface area contributed by atoms with Crippen LogP contribution in [-0.2, 0) is 0 Å². The second kappa shape index (κ2) is 6.98. The van der Waals surface area contributed by atoms with Crippen LogP contribution in [0.2, 0.25) is 5.02 Å². The molecule has 0 aliphatic heterocycles. The molecule has 4 nitrogen and oxygen atoms in total. The van der Waals surface area contributed by atoms with Crippen LogP contribution in [0.1, 0.15) is 5.69 Å². The summed E-state index contributed by atoms with van der Waals surface area (Å²) in [7, 11) is 0. The Morgan fingerprint density at radius 2 is 1.70 bits per heavy atom. The summed E-state index contributed by atoms with van der Waals surface area (Å²) >= 11 is 9.41. The third-order valence-corrected chi connectivity index (χ3v) is 4.03. The van der Waals surface area contributed by atoms with E-state index in [1.807, 2.05) is 61.5 Å². The van der Waals surface area contributed by atoms with E-state index in [2.05, 4.69) is 36.5 Å². The van der Waals surface area contributed by atoms with Gasteiger partial charge in [-0.05, 0) is 59.3 Å². The number of halogens is 2. The van der Waals surface area contributed by atoms with Gasteiger partial charge in [-0.3, -0.25) is 0 Å². The van der Waals surface area contributed by atoms with E-state index >= 15 is 0 Å². The summed E-state index contributed by atoms with van der Waals surface area (Å²) in [5, 5.41) is 7.17. The maximum absolute atomic E-state index is 5.90. The van der Waals surface area contributed by atoms with Crippen molar-refractivity contribution in [3.05, 3.63) is 69.8 Å². The van der Waals surface area contributed by atoms with Gasteiger partial charge in [0.05, 0.1) is 5.69 Å². The van der Waals surface area contributed by atoms with Gasteiger partial charge < -0.3 is 10.6 Å². The van der Waals surface area contributed by atoms with Gasteiger partial charge in [0.15, 0.2) is 0 Å². The van der Waals surface area contributed by atoms with Crippen molar-refractivity contribution in [2.24, 2.45) is 0 Å². The predicted octanol–water partition coefficient (Wildman–Crippen LogP) is 5.69. The lowest BCUT2D eigenvalue weighted by Gasteiger charge is -2.11. The fourth-order valence-electron chi connectivity index (χ4n) is 2.05. The average molecular weight is 390 g/mol. The van der Waals surface area contributed by atoms with Gasteiger partial charge in [0, 0.05) is 26.9 Å². The molecule has 0 radical (unpaired) electrons. The number of nitrogens with one attached hydrogen (secondary N) is 2. The summed E-state index contributed by atoms with van der Waals surface area (Å²) < 4.78 is 0.956. The number of para-hydroxylation sites is 1. The molecule has 2 N–H and O–H groups in total. The standard InChI is InChI=1S/C17H14BrClN4/c1-11-10-16(21-13-8-6-12(19)7-9-13)23-17(20-11)22-15-5-3-2-4-14(15)18/h2-10H,1H3,(H2,20,21,22,23). The van der Waals surface area contributed by atoms with Gasteiger partial charge in [-0.15, -0.1) is 0 Å². The fourth-order valence-corrected chi connectivity index (χ4v) is 2.56. The Morgan fingerprint density at radius 1 is 0.957 bits per heavy atom. The lowest BCUT2D eigenvalue weighted by atomic mass is 10.3. The highest BCUT2D eigenvalue weighted by Crippen LogP contribution is 2.25. The molecule has 0 amide bonds. The third-order valence-electron chi connectivity index (χ3n) is 3.09. The number of aromatic nitrogens is 2. The molecule has 6 heteroatoms. The van der Waals surface area contributed by atoms with Gasteiger partial charge in [0.25, 0.3) is 0 Å². The van der Waals surface area contributed by atoms with Crippen LogP contribution in [0.15, 0.2) is 59.1 Å². The summed E-state index contributed by atoms with van der Waals surface area (Å²) in [6.07, 6.45) is 0. The fraction of sp³-hybridized carbons (Fsp3) is 0.0588. The molecule has 0 unspecified atom stereocenters. The van der Waals surface area contributed by atoms with E-state index in [4.69, 9.17) is 11.6 Å². The maximum Gasteiger partial charge on any atom is 0.229 e. The van der Waals surface area contributed by atoms with Crippen molar-refractivity contribution in [2.45, 2.75) is 6.92 Å². The summed E-state index contributed by atoms with van der Waals surface area (Å²) in [6, 6.07) is 17.2. The van der Waals surface area contributed by atoms with E-state index in [9.17, 15) is 0 Å². The minimum absolute atomic E-state index is 0.536. The molecule has 0 aliphatic rings. The maximum atomic E-state index is 5.90. The molecular weight excluding hydrogens is 376 g/mol. The third kappa shape index (κ3) is 4.21. The zero-order valence-electron chi connectivity index (χ0n) is 12.3. The Balaban J connectivity index is 1.84. The van der Waals surface area contributed by atoms with E-state index in [1.165, 1.54) is 0 Å². The van der Waals surface area contributed by atoms with Gasteiger partial charge in [0.1, 0.15) is 5.82 Å². The molecule has 3 rings (SSSR count). The topological polar surface area (TPSA) is 49.8 Å². The molecular formula is C17H14BrClN4. The summed E-state index contributed by atoms with van der Waals surface area (Å²) in [5.74, 6) is 1.25. The number of hydrogen-bond donors (Lipinski definition) is 2. The summed E-state index contributed by atoms with van der Waals surface area (Å²) in [6.45, 7) is 1.93. The quantitative estimate of drug-likeness (QED) is 0.602. The van der Waals surface area contributed by atoms with E-state index < -0.39 is 0 Å². The lowest BCUT2D eigenvalue weighted by molar-refractivity contribution is 1.11. The minimum Gasteiger partial charge on any atom is -0.340 e. The van der Waals surface area contributed by atoms with Crippen LogP contribution >= 0.6 is 27.5 Å². The Hall–Kier alpha value is -2.11. The molecule has 0 spiro atoms. The number of anilines is 4. The molecule has 0 aliphatic carbocycles. The van der Waals surface area contributed by atoms with Crippen LogP contribution in [0.4, 0.5) is 23.1 Å². The molecule has 0 bridgehead atoms. The van der Waals surface area contributed by atoms with Gasteiger partial charge in [-0.25, -0.2) is 4.98 Å². The number of benzene rings is 2. The zero-order chi connectivity index (χ0) is 16.2. The Morgan fingerprint density at radius 3 is 2.43 bits per heavy atom. The van der Waals surface area contributed by atoms with E-state index in [0.717, 1.165) is 27.4 Å². The van der Waals surface area contributed by atoms with Crippen molar-refractivity contribution in [1.82, 2.24) is 9.97 Å². The number of nitrogens with zero attached hydrogens (tertiary/aromatic N) is 2. The monoisotopic (exact) mass is 388 g/mol. The largest absolute Gasteiger partial charge is 0.340 e. The van der Waals surface area contributed by atoms with Crippen LogP contribution in [-0.4, -0.2) is 9.97 Å². The molecule has 0 saturated carbocycles. The van der Waals surface area contributed by atoms with Crippen molar-refractivity contribution < 1.29 is 0 Å². The Kier molecular flexibility index (Phi) is 4.79. The lowest BCUT2D eigenvalue weighted by Crippen LogP contribution is -2.02. The van der Waals surface area contributed by atoms with E-state index in [-0.39, 0.29) is 0 Å². The Bertz CT molecular complexity index is 821. The summed E-state index contributed by atoms with van der Waals surface area (Å²) in [4.78, 5) is 8.92. The minimum atomic E-state index is 0.536. The zero-order valence-corrected chi connectivity index (χ0v) is 14.7. The number of rotatable bonds is 4. The molecule has 3 aromatic rings. The van der Waals surface area contributed by atoms with E-state index in [0.29, 0.717) is 11.0 Å². The second-order valence-corrected chi connectivity index (χ2v) is 6.25. The van der Waals surface area contributed by atoms with Crippen molar-refractivity contribution >= 4 is 50.7 Å². The van der Waals surface area contributed by atoms with Gasteiger partial charge in [-0.2, -0.15) is 4.98 Å². The molecule has 23 heavy (non-hydrogen) atoms. The highest BCUT2D eigenvalue weighted by atomic mass is 79.9. The van der Waals surface area contributed by atoms with E-state index in [1.54, 1.807) is 0 Å². The van der Waals surface area contributed by atoms with Gasteiger partial charge in [-0.1, -0.05) is 23.7 Å². The molecule has 1 heterocycles. The van der Waals surface area contributed by atoms with Crippen LogP contribution in [0.5, 0.6) is 0 Å². The number of aryl methyl sites for hydroxylation is 1. The van der Waals surface area contributed by atoms with Gasteiger partial charge >= 0.3 is 0 Å². The van der Waals surface area contributed by atoms with Crippen molar-refractivity contribution in [3.63, 3.8) is 0 Å². The van der Waals surface area contributed by atoms with Crippen molar-refractivity contribution in [1.29, 1.82) is 0 Å². The first-order valence-corrected chi connectivity index (χ1v) is 8.17. The normalized spacial score (nSPS) is 10.4. The van der Waals surface area contributed by atoms with Crippen LogP contribution in [0, 0.1) is 6.92 Å². The SMILES string of the molecule is Cc1cc(Nc2ccc(Cl)cc2)nc(Nc2ccccc2Br)n1. The molecule has 0 saturated heterocycles. The molecule has 0 fully saturated rings. The van der Waals surface area contributed by atoms with Crippen molar-refractivity contribution in [3.8, 4) is 0 Å². The highest BCUT2D eigenvalue weighted by molar-refractivity contribution is 9.10. The highest BCUT2D eigenvalue weighted by Gasteiger charge is 2.05. The molecule has 0 atom stereocenters. The molecule has 116 valence electrons. The van der Waals surface area contributed by atoms with Gasteiger partial charge in [0.2, 0.25) is 5.95 Å².